The second kappa shape index (κ2) is 4.39. The first kappa shape index (κ1) is 9.43. The lowest BCUT2D eigenvalue weighted by Crippen LogP contribution is -2.17. The van der Waals surface area contributed by atoms with Crippen LogP contribution < -0.4 is 0 Å². The van der Waals surface area contributed by atoms with Gasteiger partial charge in [0.15, 0.2) is 6.33 Å². The maximum absolute atomic E-state index is 10.8. The second-order valence-electron chi connectivity index (χ2n) is 2.16. The normalized spacial score (nSPS) is 12.2. The highest BCUT2D eigenvalue weighted by Crippen LogP contribution is 2.03. The SMILES string of the molecule is CCOC(=O)OC(C)n1ncnn1. The van der Waals surface area contributed by atoms with Crippen molar-refractivity contribution in [3.05, 3.63) is 6.33 Å². The van der Waals surface area contributed by atoms with Crippen LogP contribution in [0.5, 0.6) is 0 Å². The van der Waals surface area contributed by atoms with Gasteiger partial charge in [0.25, 0.3) is 0 Å². The number of ether oxygens (including phenoxy) is 2. The van der Waals surface area contributed by atoms with E-state index >= 15 is 0 Å². The Bertz CT molecular complexity index is 261. The quantitative estimate of drug-likeness (QED) is 0.634. The molecule has 1 heterocycles. The molecule has 1 aromatic heterocycles. The number of carbonyl (C=O) groups is 1. The molecule has 0 saturated heterocycles. The summed E-state index contributed by atoms with van der Waals surface area (Å²) in [6.45, 7) is 3.58. The van der Waals surface area contributed by atoms with E-state index in [-0.39, 0.29) is 6.61 Å². The van der Waals surface area contributed by atoms with Gasteiger partial charge in [-0.25, -0.2) is 4.79 Å². The number of tetrazole rings is 1. The fraction of sp³-hybridized carbons (Fsp3) is 0.667. The number of hydrogen-bond donors (Lipinski definition) is 0. The molecule has 0 N–H and O–H groups in total. The summed E-state index contributed by atoms with van der Waals surface area (Å²) in [4.78, 5) is 12.0. The topological polar surface area (TPSA) is 79.1 Å². The minimum atomic E-state index is -0.743. The number of hydrogen-bond acceptors (Lipinski definition) is 6. The predicted molar refractivity (Wildman–Crippen MR) is 40.6 cm³/mol. The first-order valence-electron chi connectivity index (χ1n) is 3.80. The molecule has 72 valence electrons. The fourth-order valence-electron chi connectivity index (χ4n) is 0.680. The molecule has 1 aromatic rings. The molecule has 7 nitrogen and oxygen atoms in total. The van der Waals surface area contributed by atoms with Crippen molar-refractivity contribution in [1.82, 2.24) is 20.2 Å². The molecule has 0 aliphatic heterocycles. The first-order chi connectivity index (χ1) is 6.24. The molecule has 0 saturated carbocycles. The largest absolute Gasteiger partial charge is 0.510 e. The van der Waals surface area contributed by atoms with Crippen LogP contribution in [0.25, 0.3) is 0 Å². The van der Waals surface area contributed by atoms with Crippen molar-refractivity contribution < 1.29 is 14.3 Å². The van der Waals surface area contributed by atoms with Crippen molar-refractivity contribution in [2.75, 3.05) is 6.61 Å². The van der Waals surface area contributed by atoms with Crippen molar-refractivity contribution in [2.45, 2.75) is 20.1 Å². The van der Waals surface area contributed by atoms with Crippen molar-refractivity contribution in [2.24, 2.45) is 0 Å². The zero-order valence-electron chi connectivity index (χ0n) is 7.38. The van der Waals surface area contributed by atoms with Gasteiger partial charge in [-0.15, -0.1) is 15.0 Å². The van der Waals surface area contributed by atoms with Crippen LogP contribution in [-0.4, -0.2) is 33.0 Å². The average Bonchev–Trinajstić information content (AvgIpc) is 2.55. The predicted octanol–water partition coefficient (Wildman–Crippen LogP) is 0.365. The van der Waals surface area contributed by atoms with E-state index in [9.17, 15) is 4.79 Å². The summed E-state index contributed by atoms with van der Waals surface area (Å²) in [5, 5.41) is 10.7. The molecule has 1 atom stereocenters. The first-order valence-corrected chi connectivity index (χ1v) is 3.80. The second-order valence-corrected chi connectivity index (χ2v) is 2.16. The van der Waals surface area contributed by atoms with Crippen molar-refractivity contribution in [3.8, 4) is 0 Å². The van der Waals surface area contributed by atoms with Gasteiger partial charge in [0, 0.05) is 0 Å². The van der Waals surface area contributed by atoms with E-state index < -0.39 is 12.4 Å². The monoisotopic (exact) mass is 186 g/mol. The molecular weight excluding hydrogens is 176 g/mol. The summed E-state index contributed by atoms with van der Waals surface area (Å²) >= 11 is 0. The van der Waals surface area contributed by atoms with Gasteiger partial charge in [-0.05, 0) is 19.1 Å². The molecule has 0 amide bonds. The number of nitrogens with zero attached hydrogens (tertiary/aromatic N) is 4. The summed E-state index contributed by atoms with van der Waals surface area (Å²) in [6, 6.07) is 0. The number of aromatic nitrogens is 4. The Balaban J connectivity index is 2.42. The van der Waals surface area contributed by atoms with Crippen molar-refractivity contribution in [1.29, 1.82) is 0 Å². The van der Waals surface area contributed by atoms with E-state index in [0.29, 0.717) is 0 Å². The van der Waals surface area contributed by atoms with E-state index in [1.54, 1.807) is 13.8 Å². The molecule has 0 fully saturated rings. The molecular formula is C6H10N4O3. The molecule has 0 radical (unpaired) electrons. The van der Waals surface area contributed by atoms with Crippen LogP contribution in [0.4, 0.5) is 4.79 Å². The van der Waals surface area contributed by atoms with Crippen molar-refractivity contribution >= 4 is 6.16 Å². The van der Waals surface area contributed by atoms with Crippen molar-refractivity contribution in [3.63, 3.8) is 0 Å². The molecule has 7 heteroatoms. The maximum atomic E-state index is 10.8. The standard InChI is InChI=1S/C6H10N4O3/c1-3-12-6(11)13-5(2)10-8-4-7-9-10/h4-5H,3H2,1-2H3. The van der Waals surface area contributed by atoms with E-state index in [1.807, 2.05) is 0 Å². The van der Waals surface area contributed by atoms with E-state index in [2.05, 4.69) is 20.1 Å². The van der Waals surface area contributed by atoms with Gasteiger partial charge in [-0.3, -0.25) is 0 Å². The molecule has 0 aliphatic carbocycles. The Morgan fingerprint density at radius 1 is 1.69 bits per heavy atom. The Morgan fingerprint density at radius 3 is 3.00 bits per heavy atom. The smallest absolute Gasteiger partial charge is 0.435 e. The Labute approximate surface area is 74.6 Å². The Morgan fingerprint density at radius 2 is 2.46 bits per heavy atom. The van der Waals surface area contributed by atoms with Crippen LogP contribution >= 0.6 is 0 Å². The molecule has 1 unspecified atom stereocenters. The fourth-order valence-corrected chi connectivity index (χ4v) is 0.680. The lowest BCUT2D eigenvalue weighted by molar-refractivity contribution is -0.00517. The average molecular weight is 186 g/mol. The lowest BCUT2D eigenvalue weighted by atomic mass is 10.7. The molecule has 0 aliphatic rings. The van der Waals surface area contributed by atoms with Gasteiger partial charge in [0.05, 0.1) is 6.61 Å². The van der Waals surface area contributed by atoms with E-state index in [4.69, 9.17) is 4.74 Å². The Kier molecular flexibility index (Phi) is 3.18. The van der Waals surface area contributed by atoms with Gasteiger partial charge in [0.2, 0.25) is 6.23 Å². The van der Waals surface area contributed by atoms with Gasteiger partial charge in [0.1, 0.15) is 0 Å². The van der Waals surface area contributed by atoms with Crippen LogP contribution in [0.15, 0.2) is 6.33 Å². The lowest BCUT2D eigenvalue weighted by Gasteiger charge is -2.10. The van der Waals surface area contributed by atoms with Gasteiger partial charge in [-0.1, -0.05) is 0 Å². The number of carbonyl (C=O) groups excluding carboxylic acids is 1. The van der Waals surface area contributed by atoms with Gasteiger partial charge in [-0.2, -0.15) is 0 Å². The highest BCUT2D eigenvalue weighted by molar-refractivity contribution is 5.59. The Hall–Kier alpha value is -1.66. The highest BCUT2D eigenvalue weighted by Gasteiger charge is 2.12. The molecule has 0 bridgehead atoms. The number of rotatable bonds is 3. The van der Waals surface area contributed by atoms with Crippen LogP contribution in [0.2, 0.25) is 0 Å². The molecule has 0 spiro atoms. The summed E-state index contributed by atoms with van der Waals surface area (Å²) < 4.78 is 9.33. The third-order valence-electron chi connectivity index (χ3n) is 1.22. The highest BCUT2D eigenvalue weighted by atomic mass is 16.7. The van der Waals surface area contributed by atoms with Crippen LogP contribution in [0.3, 0.4) is 0 Å². The molecule has 0 aromatic carbocycles. The van der Waals surface area contributed by atoms with Crippen LogP contribution in [0.1, 0.15) is 20.1 Å². The van der Waals surface area contributed by atoms with E-state index in [1.165, 1.54) is 6.33 Å². The summed E-state index contributed by atoms with van der Waals surface area (Å²) in [5.74, 6) is 0. The van der Waals surface area contributed by atoms with Gasteiger partial charge < -0.3 is 9.47 Å². The molecule has 1 rings (SSSR count). The zero-order valence-corrected chi connectivity index (χ0v) is 7.38. The third kappa shape index (κ3) is 2.69. The summed E-state index contributed by atoms with van der Waals surface area (Å²) in [7, 11) is 0. The van der Waals surface area contributed by atoms with E-state index in [0.717, 1.165) is 4.80 Å². The third-order valence-corrected chi connectivity index (χ3v) is 1.22. The van der Waals surface area contributed by atoms with Crippen LogP contribution in [-0.2, 0) is 9.47 Å². The van der Waals surface area contributed by atoms with Gasteiger partial charge >= 0.3 is 6.16 Å². The zero-order chi connectivity index (χ0) is 9.68. The minimum Gasteiger partial charge on any atom is -0.435 e. The molecule has 13 heavy (non-hydrogen) atoms. The van der Waals surface area contributed by atoms with Crippen LogP contribution in [0, 0.1) is 0 Å². The maximum Gasteiger partial charge on any atom is 0.510 e. The minimum absolute atomic E-state index is 0.274. The summed E-state index contributed by atoms with van der Waals surface area (Å²) in [5.41, 5.74) is 0. The summed E-state index contributed by atoms with van der Waals surface area (Å²) in [6.07, 6.45) is -0.0979.